The number of halogens is 1. The SMILES string of the molecule is CC(C)CCCNCCS(=O)(=O)c1ccc(Cl)cc1. The molecule has 0 amide bonds. The van der Waals surface area contributed by atoms with Crippen LogP contribution in [0.5, 0.6) is 0 Å². The van der Waals surface area contributed by atoms with Crippen molar-refractivity contribution in [3.8, 4) is 0 Å². The Hall–Kier alpha value is -0.580. The van der Waals surface area contributed by atoms with E-state index in [1.54, 1.807) is 24.3 Å². The third-order valence-electron chi connectivity index (χ3n) is 2.86. The summed E-state index contributed by atoms with van der Waals surface area (Å²) in [6, 6.07) is 6.31. The van der Waals surface area contributed by atoms with Crippen molar-refractivity contribution >= 4 is 21.4 Å². The fourth-order valence-electron chi connectivity index (χ4n) is 1.73. The molecule has 108 valence electrons. The molecule has 0 aliphatic rings. The molecular formula is C14H22ClNO2S. The Morgan fingerprint density at radius 1 is 1.16 bits per heavy atom. The first-order valence-corrected chi connectivity index (χ1v) is 8.64. The van der Waals surface area contributed by atoms with Crippen molar-refractivity contribution in [3.63, 3.8) is 0 Å². The Kier molecular flexibility index (Phi) is 6.83. The molecular weight excluding hydrogens is 282 g/mol. The van der Waals surface area contributed by atoms with Crippen LogP contribution in [0, 0.1) is 5.92 Å². The molecule has 1 N–H and O–H groups in total. The van der Waals surface area contributed by atoms with Crippen molar-refractivity contribution in [2.45, 2.75) is 31.6 Å². The predicted molar refractivity (Wildman–Crippen MR) is 80.4 cm³/mol. The van der Waals surface area contributed by atoms with E-state index < -0.39 is 9.84 Å². The average molecular weight is 304 g/mol. The van der Waals surface area contributed by atoms with Gasteiger partial charge in [0.2, 0.25) is 0 Å². The minimum absolute atomic E-state index is 0.121. The van der Waals surface area contributed by atoms with E-state index in [2.05, 4.69) is 19.2 Å². The van der Waals surface area contributed by atoms with Gasteiger partial charge in [-0.2, -0.15) is 0 Å². The first-order valence-electron chi connectivity index (χ1n) is 6.61. The van der Waals surface area contributed by atoms with E-state index in [0.29, 0.717) is 22.4 Å². The molecule has 0 radical (unpaired) electrons. The van der Waals surface area contributed by atoms with Crippen LogP contribution in [0.25, 0.3) is 0 Å². The summed E-state index contributed by atoms with van der Waals surface area (Å²) in [6.45, 7) is 5.73. The number of benzene rings is 1. The molecule has 0 fully saturated rings. The smallest absolute Gasteiger partial charge is 0.179 e. The highest BCUT2D eigenvalue weighted by atomic mass is 35.5. The van der Waals surface area contributed by atoms with Gasteiger partial charge in [0.1, 0.15) is 0 Å². The van der Waals surface area contributed by atoms with Gasteiger partial charge in [-0.1, -0.05) is 25.4 Å². The van der Waals surface area contributed by atoms with Crippen LogP contribution in [0.2, 0.25) is 5.02 Å². The molecule has 0 atom stereocenters. The second-order valence-corrected chi connectivity index (χ2v) is 7.60. The van der Waals surface area contributed by atoms with Gasteiger partial charge in [0.05, 0.1) is 10.6 Å². The maximum atomic E-state index is 12.0. The summed E-state index contributed by atoms with van der Waals surface area (Å²) in [6.07, 6.45) is 2.25. The van der Waals surface area contributed by atoms with E-state index in [1.165, 1.54) is 0 Å². The topological polar surface area (TPSA) is 46.2 Å². The third-order valence-corrected chi connectivity index (χ3v) is 4.84. The number of rotatable bonds is 8. The predicted octanol–water partition coefficient (Wildman–Crippen LogP) is 3.14. The highest BCUT2D eigenvalue weighted by Crippen LogP contribution is 2.15. The van der Waals surface area contributed by atoms with Crippen molar-refractivity contribution in [2.75, 3.05) is 18.8 Å². The van der Waals surface area contributed by atoms with Gasteiger partial charge in [-0.3, -0.25) is 0 Å². The number of nitrogens with one attached hydrogen (secondary N) is 1. The minimum Gasteiger partial charge on any atom is -0.316 e. The van der Waals surface area contributed by atoms with Gasteiger partial charge >= 0.3 is 0 Å². The monoisotopic (exact) mass is 303 g/mol. The fourth-order valence-corrected chi connectivity index (χ4v) is 3.05. The lowest BCUT2D eigenvalue weighted by Gasteiger charge is -2.07. The maximum Gasteiger partial charge on any atom is 0.179 e. The van der Waals surface area contributed by atoms with E-state index in [1.807, 2.05) is 0 Å². The molecule has 1 rings (SSSR count). The van der Waals surface area contributed by atoms with Gasteiger partial charge in [0.15, 0.2) is 9.84 Å². The Bertz CT molecular complexity index is 469. The molecule has 1 aromatic carbocycles. The zero-order valence-electron chi connectivity index (χ0n) is 11.5. The van der Waals surface area contributed by atoms with Crippen molar-refractivity contribution < 1.29 is 8.42 Å². The molecule has 0 saturated carbocycles. The van der Waals surface area contributed by atoms with Gasteiger partial charge in [-0.15, -0.1) is 0 Å². The van der Waals surface area contributed by atoms with Crippen molar-refractivity contribution in [1.82, 2.24) is 5.32 Å². The van der Waals surface area contributed by atoms with E-state index in [9.17, 15) is 8.42 Å². The second kappa shape index (κ2) is 7.88. The van der Waals surface area contributed by atoms with Gasteiger partial charge in [-0.05, 0) is 49.6 Å². The van der Waals surface area contributed by atoms with E-state index >= 15 is 0 Å². The summed E-state index contributed by atoms with van der Waals surface area (Å²) in [7, 11) is -3.20. The van der Waals surface area contributed by atoms with Gasteiger partial charge in [0.25, 0.3) is 0 Å². The van der Waals surface area contributed by atoms with Crippen molar-refractivity contribution in [2.24, 2.45) is 5.92 Å². The summed E-state index contributed by atoms with van der Waals surface area (Å²) >= 11 is 5.74. The Morgan fingerprint density at radius 2 is 1.79 bits per heavy atom. The van der Waals surface area contributed by atoms with Gasteiger partial charge < -0.3 is 5.32 Å². The summed E-state index contributed by atoms with van der Waals surface area (Å²) in [5, 5.41) is 3.72. The van der Waals surface area contributed by atoms with Crippen molar-refractivity contribution in [3.05, 3.63) is 29.3 Å². The van der Waals surface area contributed by atoms with Crippen LogP contribution in [0.15, 0.2) is 29.2 Å². The lowest BCUT2D eigenvalue weighted by atomic mass is 10.1. The molecule has 0 aliphatic carbocycles. The summed E-state index contributed by atoms with van der Waals surface area (Å²) < 4.78 is 24.0. The molecule has 1 aromatic rings. The van der Waals surface area contributed by atoms with E-state index in [4.69, 9.17) is 11.6 Å². The molecule has 0 aromatic heterocycles. The van der Waals surface area contributed by atoms with Crippen LogP contribution in [0.1, 0.15) is 26.7 Å². The minimum atomic E-state index is -3.20. The number of sulfone groups is 1. The van der Waals surface area contributed by atoms with Crippen LogP contribution in [-0.4, -0.2) is 27.3 Å². The highest BCUT2D eigenvalue weighted by Gasteiger charge is 2.13. The zero-order valence-corrected chi connectivity index (χ0v) is 13.1. The molecule has 19 heavy (non-hydrogen) atoms. The second-order valence-electron chi connectivity index (χ2n) is 5.06. The van der Waals surface area contributed by atoms with Gasteiger partial charge in [-0.25, -0.2) is 8.42 Å². The normalized spacial score (nSPS) is 12.0. The molecule has 3 nitrogen and oxygen atoms in total. The standard InChI is InChI=1S/C14H22ClNO2S/c1-12(2)4-3-9-16-10-11-19(17,18)14-7-5-13(15)6-8-14/h5-8,12,16H,3-4,9-11H2,1-2H3. The van der Waals surface area contributed by atoms with Crippen LogP contribution >= 0.6 is 11.6 Å². The largest absolute Gasteiger partial charge is 0.316 e. The average Bonchev–Trinajstić information content (AvgIpc) is 2.34. The maximum absolute atomic E-state index is 12.0. The molecule has 0 heterocycles. The van der Waals surface area contributed by atoms with Crippen LogP contribution in [0.3, 0.4) is 0 Å². The molecule has 0 saturated heterocycles. The molecule has 0 unspecified atom stereocenters. The third kappa shape index (κ3) is 6.41. The molecule has 0 bridgehead atoms. The first kappa shape index (κ1) is 16.5. The number of hydrogen-bond acceptors (Lipinski definition) is 3. The molecule has 0 spiro atoms. The summed E-state index contributed by atoms with van der Waals surface area (Å²) in [4.78, 5) is 0.334. The zero-order chi connectivity index (χ0) is 14.3. The van der Waals surface area contributed by atoms with Crippen LogP contribution < -0.4 is 5.32 Å². The lowest BCUT2D eigenvalue weighted by molar-refractivity contribution is 0.531. The van der Waals surface area contributed by atoms with Crippen molar-refractivity contribution in [1.29, 1.82) is 0 Å². The first-order chi connectivity index (χ1) is 8.92. The molecule has 5 heteroatoms. The Balaban J connectivity index is 2.33. The number of hydrogen-bond donors (Lipinski definition) is 1. The summed E-state index contributed by atoms with van der Waals surface area (Å²) in [5.74, 6) is 0.815. The van der Waals surface area contributed by atoms with E-state index in [0.717, 1.165) is 19.4 Å². The van der Waals surface area contributed by atoms with Crippen LogP contribution in [-0.2, 0) is 9.84 Å². The fraction of sp³-hybridized carbons (Fsp3) is 0.571. The lowest BCUT2D eigenvalue weighted by Crippen LogP contribution is -2.24. The Morgan fingerprint density at radius 3 is 2.37 bits per heavy atom. The summed E-state index contributed by atoms with van der Waals surface area (Å²) in [5.41, 5.74) is 0. The van der Waals surface area contributed by atoms with Crippen LogP contribution in [0.4, 0.5) is 0 Å². The highest BCUT2D eigenvalue weighted by molar-refractivity contribution is 7.91. The van der Waals surface area contributed by atoms with Gasteiger partial charge in [0, 0.05) is 11.6 Å². The molecule has 0 aliphatic heterocycles. The van der Waals surface area contributed by atoms with E-state index in [-0.39, 0.29) is 5.75 Å². The quantitative estimate of drug-likeness (QED) is 0.751. The Labute approximate surface area is 121 Å².